The molecule has 0 aliphatic carbocycles. The van der Waals surface area contributed by atoms with Gasteiger partial charge >= 0.3 is 5.97 Å². The van der Waals surface area contributed by atoms with Gasteiger partial charge < -0.3 is 15.4 Å². The van der Waals surface area contributed by atoms with Crippen molar-refractivity contribution in [3.05, 3.63) is 138 Å². The summed E-state index contributed by atoms with van der Waals surface area (Å²) in [6.45, 7) is 1.47. The van der Waals surface area contributed by atoms with Crippen LogP contribution in [0, 0.1) is 6.92 Å². The first-order valence-electron chi connectivity index (χ1n) is 13.5. The highest BCUT2D eigenvalue weighted by molar-refractivity contribution is 5.97. The third-order valence-electron chi connectivity index (χ3n) is 6.58. The molecule has 1 atom stereocenters. The van der Waals surface area contributed by atoms with Crippen molar-refractivity contribution in [2.75, 3.05) is 11.9 Å². The Hall–Kier alpha value is -5.50. The molecule has 1 heterocycles. The molecule has 5 aromatic rings. The van der Waals surface area contributed by atoms with E-state index in [0.717, 1.165) is 22.4 Å². The monoisotopic (exact) mass is 558 g/mol. The van der Waals surface area contributed by atoms with Crippen LogP contribution in [0.2, 0.25) is 0 Å². The molecule has 0 aliphatic heterocycles. The zero-order chi connectivity index (χ0) is 29.3. The first-order valence-corrected chi connectivity index (χ1v) is 13.5. The highest BCUT2D eigenvalue weighted by atomic mass is 16.5. The first-order chi connectivity index (χ1) is 20.5. The van der Waals surface area contributed by atoms with Gasteiger partial charge in [0.05, 0.1) is 11.4 Å². The maximum atomic E-state index is 13.1. The van der Waals surface area contributed by atoms with Gasteiger partial charge in [0.1, 0.15) is 11.9 Å². The number of hydrogen-bond acceptors (Lipinski definition) is 5. The van der Waals surface area contributed by atoms with Crippen LogP contribution in [-0.4, -0.2) is 40.2 Å². The average molecular weight is 559 g/mol. The van der Waals surface area contributed by atoms with E-state index >= 15 is 0 Å². The molecule has 1 aromatic heterocycles. The number of anilines is 1. The number of aromatic nitrogens is 2. The quantitative estimate of drug-likeness (QED) is 0.224. The van der Waals surface area contributed by atoms with E-state index < -0.39 is 30.4 Å². The number of rotatable bonds is 10. The van der Waals surface area contributed by atoms with E-state index in [9.17, 15) is 14.4 Å². The van der Waals surface area contributed by atoms with Gasteiger partial charge in [-0.05, 0) is 36.8 Å². The Morgan fingerprint density at radius 2 is 1.43 bits per heavy atom. The number of esters is 1. The molecule has 42 heavy (non-hydrogen) atoms. The third-order valence-corrected chi connectivity index (χ3v) is 6.58. The highest BCUT2D eigenvalue weighted by Gasteiger charge is 2.24. The van der Waals surface area contributed by atoms with Crippen LogP contribution < -0.4 is 10.6 Å². The van der Waals surface area contributed by atoms with E-state index in [-0.39, 0.29) is 6.42 Å². The minimum Gasteiger partial charge on any atom is -0.454 e. The lowest BCUT2D eigenvalue weighted by atomic mass is 10.1. The van der Waals surface area contributed by atoms with E-state index in [4.69, 9.17) is 9.84 Å². The summed E-state index contributed by atoms with van der Waals surface area (Å²) in [5, 5.41) is 10.3. The van der Waals surface area contributed by atoms with Gasteiger partial charge in [-0.25, -0.2) is 9.48 Å². The van der Waals surface area contributed by atoms with E-state index in [1.54, 1.807) is 41.1 Å². The summed E-state index contributed by atoms with van der Waals surface area (Å²) in [5.41, 5.74) is 4.72. The Morgan fingerprint density at radius 1 is 0.810 bits per heavy atom. The molecule has 210 valence electrons. The fourth-order valence-electron chi connectivity index (χ4n) is 4.39. The standard InChI is InChI=1S/C34H30N4O4/c1-24-17-19-26(20-18-24)29-22-31(38(37-29)28-15-9-4-10-16-28)36-32(39)23-42-34(41)30(21-25-11-5-2-6-12-25)35-33(40)27-13-7-3-8-14-27/h2-20,22,30H,21,23H2,1H3,(H,35,40)(H,36,39)/t30-/m1/s1. The van der Waals surface area contributed by atoms with Crippen molar-refractivity contribution in [2.45, 2.75) is 19.4 Å². The Balaban J connectivity index is 1.30. The maximum Gasteiger partial charge on any atom is 0.329 e. The lowest BCUT2D eigenvalue weighted by Gasteiger charge is -2.18. The number of amides is 2. The average Bonchev–Trinajstić information content (AvgIpc) is 3.44. The lowest BCUT2D eigenvalue weighted by molar-refractivity contribution is -0.149. The molecule has 2 amide bonds. The SMILES string of the molecule is Cc1ccc(-c2cc(NC(=O)COC(=O)[C@@H](Cc3ccccc3)NC(=O)c3ccccc3)n(-c3ccccc3)n2)cc1. The minimum atomic E-state index is -0.990. The van der Waals surface area contributed by atoms with Gasteiger partial charge in [-0.2, -0.15) is 5.10 Å². The topological polar surface area (TPSA) is 102 Å². The molecule has 0 radical (unpaired) electrons. The lowest BCUT2D eigenvalue weighted by Crippen LogP contribution is -2.44. The van der Waals surface area contributed by atoms with Crippen LogP contribution >= 0.6 is 0 Å². The van der Waals surface area contributed by atoms with Crippen LogP contribution in [-0.2, 0) is 20.7 Å². The fourth-order valence-corrected chi connectivity index (χ4v) is 4.39. The third kappa shape index (κ3) is 7.17. The zero-order valence-corrected chi connectivity index (χ0v) is 23.1. The Kier molecular flexibility index (Phi) is 8.84. The molecule has 0 bridgehead atoms. The second kappa shape index (κ2) is 13.2. The molecule has 8 heteroatoms. The molecule has 5 rings (SSSR count). The number of benzene rings is 4. The second-order valence-electron chi connectivity index (χ2n) is 9.77. The number of para-hydroxylation sites is 1. The molecule has 0 saturated heterocycles. The highest BCUT2D eigenvalue weighted by Crippen LogP contribution is 2.25. The Bertz CT molecular complexity index is 1650. The second-order valence-corrected chi connectivity index (χ2v) is 9.77. The molecule has 0 saturated carbocycles. The van der Waals surface area contributed by atoms with Crippen LogP contribution in [0.5, 0.6) is 0 Å². The number of aryl methyl sites for hydroxylation is 1. The molecule has 4 aromatic carbocycles. The Labute approximate surface area is 244 Å². The van der Waals surface area contributed by atoms with Crippen molar-refractivity contribution in [1.29, 1.82) is 0 Å². The summed E-state index contributed by atoms with van der Waals surface area (Å²) < 4.78 is 7.03. The van der Waals surface area contributed by atoms with Gasteiger partial charge in [0, 0.05) is 23.6 Å². The predicted octanol–water partition coefficient (Wildman–Crippen LogP) is 5.37. The van der Waals surface area contributed by atoms with Crippen LogP contribution in [0.1, 0.15) is 21.5 Å². The van der Waals surface area contributed by atoms with Crippen LogP contribution in [0.4, 0.5) is 5.82 Å². The van der Waals surface area contributed by atoms with Crippen LogP contribution in [0.25, 0.3) is 16.9 Å². The smallest absolute Gasteiger partial charge is 0.329 e. The fraction of sp³-hybridized carbons (Fsp3) is 0.118. The Morgan fingerprint density at radius 3 is 2.10 bits per heavy atom. The molecule has 8 nitrogen and oxygen atoms in total. The van der Waals surface area contributed by atoms with E-state index in [0.29, 0.717) is 17.1 Å². The van der Waals surface area contributed by atoms with Crippen molar-refractivity contribution in [2.24, 2.45) is 0 Å². The van der Waals surface area contributed by atoms with Gasteiger partial charge in [0.25, 0.3) is 11.8 Å². The van der Waals surface area contributed by atoms with Gasteiger partial charge in [0.15, 0.2) is 6.61 Å². The first kappa shape index (κ1) is 28.0. The van der Waals surface area contributed by atoms with E-state index in [1.807, 2.05) is 91.9 Å². The van der Waals surface area contributed by atoms with Gasteiger partial charge in [-0.15, -0.1) is 0 Å². The van der Waals surface area contributed by atoms with Crippen molar-refractivity contribution in [1.82, 2.24) is 15.1 Å². The largest absolute Gasteiger partial charge is 0.454 e. The van der Waals surface area contributed by atoms with Crippen molar-refractivity contribution < 1.29 is 19.1 Å². The molecule has 0 fully saturated rings. The summed E-state index contributed by atoms with van der Waals surface area (Å²) in [6.07, 6.45) is 0.209. The maximum absolute atomic E-state index is 13.1. The summed E-state index contributed by atoms with van der Waals surface area (Å²) in [7, 11) is 0. The van der Waals surface area contributed by atoms with Crippen molar-refractivity contribution >= 4 is 23.6 Å². The van der Waals surface area contributed by atoms with E-state index in [2.05, 4.69) is 10.6 Å². The number of nitrogens with one attached hydrogen (secondary N) is 2. The predicted molar refractivity (Wildman–Crippen MR) is 161 cm³/mol. The number of nitrogens with zero attached hydrogens (tertiary/aromatic N) is 2. The number of hydrogen-bond donors (Lipinski definition) is 2. The van der Waals surface area contributed by atoms with Crippen molar-refractivity contribution in [3.63, 3.8) is 0 Å². The molecule has 2 N–H and O–H groups in total. The molecular weight excluding hydrogens is 528 g/mol. The molecule has 0 unspecified atom stereocenters. The number of ether oxygens (including phenoxy) is 1. The summed E-state index contributed by atoms with van der Waals surface area (Å²) in [4.78, 5) is 39.0. The summed E-state index contributed by atoms with van der Waals surface area (Å²) in [6, 6.07) is 36.0. The minimum absolute atomic E-state index is 0.209. The van der Waals surface area contributed by atoms with Crippen LogP contribution in [0.15, 0.2) is 121 Å². The van der Waals surface area contributed by atoms with Crippen LogP contribution in [0.3, 0.4) is 0 Å². The molecule has 0 aliphatic rings. The van der Waals surface area contributed by atoms with Gasteiger partial charge in [0.2, 0.25) is 0 Å². The molecular formula is C34H30N4O4. The summed E-state index contributed by atoms with van der Waals surface area (Å²) >= 11 is 0. The molecule has 0 spiro atoms. The number of carbonyl (C=O) groups excluding carboxylic acids is 3. The van der Waals surface area contributed by atoms with Gasteiger partial charge in [-0.1, -0.05) is 96.6 Å². The van der Waals surface area contributed by atoms with Crippen molar-refractivity contribution in [3.8, 4) is 16.9 Å². The zero-order valence-electron chi connectivity index (χ0n) is 23.1. The number of carbonyl (C=O) groups is 3. The van der Waals surface area contributed by atoms with E-state index in [1.165, 1.54) is 0 Å². The van der Waals surface area contributed by atoms with Gasteiger partial charge in [-0.3, -0.25) is 9.59 Å². The normalized spacial score (nSPS) is 11.4. The summed E-state index contributed by atoms with van der Waals surface area (Å²) in [5.74, 6) is -1.23.